The molecule has 0 aromatic heterocycles. The molecule has 0 saturated heterocycles. The number of benzene rings is 2. The largest absolute Gasteiger partial charge is 0.506 e. The number of para-hydroxylation sites is 1. The lowest BCUT2D eigenvalue weighted by Crippen LogP contribution is -2.12. The van der Waals surface area contributed by atoms with Crippen LogP contribution < -0.4 is 5.32 Å². The molecule has 2 aromatic rings. The molecule has 2 rings (SSSR count). The fourth-order valence-electron chi connectivity index (χ4n) is 1.41. The zero-order chi connectivity index (χ0) is 13.1. The Labute approximate surface area is 108 Å². The third-order valence-electron chi connectivity index (χ3n) is 2.33. The first kappa shape index (κ1) is 12.4. The molecule has 5 heteroatoms. The van der Waals surface area contributed by atoms with E-state index in [0.29, 0.717) is 0 Å². The van der Waals surface area contributed by atoms with Gasteiger partial charge in [-0.2, -0.15) is 0 Å². The number of carbonyl (C=O) groups is 1. The second-order valence-electron chi connectivity index (χ2n) is 3.60. The molecule has 0 unspecified atom stereocenters. The van der Waals surface area contributed by atoms with Crippen molar-refractivity contribution < 1.29 is 14.3 Å². The number of halogens is 2. The second kappa shape index (κ2) is 5.06. The van der Waals surface area contributed by atoms with Gasteiger partial charge >= 0.3 is 0 Å². The summed E-state index contributed by atoms with van der Waals surface area (Å²) < 4.78 is 13.3. The summed E-state index contributed by atoms with van der Waals surface area (Å²) in [6.07, 6.45) is 0. The Morgan fingerprint density at radius 1 is 1.22 bits per heavy atom. The Bertz CT molecular complexity index is 601. The minimum Gasteiger partial charge on any atom is -0.506 e. The Morgan fingerprint density at radius 2 is 1.94 bits per heavy atom. The number of anilines is 1. The molecule has 0 spiro atoms. The van der Waals surface area contributed by atoms with Crippen LogP contribution in [0.1, 0.15) is 10.4 Å². The van der Waals surface area contributed by atoms with Gasteiger partial charge in [-0.05, 0) is 30.3 Å². The molecule has 0 aliphatic carbocycles. The lowest BCUT2D eigenvalue weighted by molar-refractivity contribution is 0.102. The number of carbonyl (C=O) groups excluding carboxylic acids is 1. The van der Waals surface area contributed by atoms with Gasteiger partial charge < -0.3 is 10.4 Å². The zero-order valence-corrected chi connectivity index (χ0v) is 9.91. The van der Waals surface area contributed by atoms with Crippen LogP contribution in [0.5, 0.6) is 5.75 Å². The summed E-state index contributed by atoms with van der Waals surface area (Å²) >= 11 is 5.69. The first-order valence-electron chi connectivity index (χ1n) is 5.12. The summed E-state index contributed by atoms with van der Waals surface area (Å²) in [6, 6.07) is 9.86. The van der Waals surface area contributed by atoms with Gasteiger partial charge in [0.2, 0.25) is 0 Å². The van der Waals surface area contributed by atoms with Crippen molar-refractivity contribution in [1.29, 1.82) is 0 Å². The van der Waals surface area contributed by atoms with Crippen molar-refractivity contribution in [3.63, 3.8) is 0 Å². The molecule has 0 bridgehead atoms. The van der Waals surface area contributed by atoms with E-state index in [1.54, 1.807) is 6.07 Å². The zero-order valence-electron chi connectivity index (χ0n) is 9.15. The predicted octanol–water partition coefficient (Wildman–Crippen LogP) is 3.44. The van der Waals surface area contributed by atoms with E-state index in [2.05, 4.69) is 5.32 Å². The molecule has 18 heavy (non-hydrogen) atoms. The van der Waals surface area contributed by atoms with Crippen molar-refractivity contribution in [3.05, 3.63) is 58.9 Å². The van der Waals surface area contributed by atoms with Crippen LogP contribution in [0.25, 0.3) is 0 Å². The van der Waals surface area contributed by atoms with Crippen LogP contribution in [0, 0.1) is 5.82 Å². The first-order chi connectivity index (χ1) is 8.58. The van der Waals surface area contributed by atoms with Gasteiger partial charge in [-0.15, -0.1) is 0 Å². The van der Waals surface area contributed by atoms with Crippen molar-refractivity contribution in [2.45, 2.75) is 0 Å². The van der Waals surface area contributed by atoms with Gasteiger partial charge in [0.25, 0.3) is 5.91 Å². The molecule has 0 aliphatic rings. The lowest BCUT2D eigenvalue weighted by Gasteiger charge is -2.06. The summed E-state index contributed by atoms with van der Waals surface area (Å²) in [5, 5.41) is 11.7. The number of aromatic hydroxyl groups is 1. The highest BCUT2D eigenvalue weighted by Crippen LogP contribution is 2.24. The van der Waals surface area contributed by atoms with Gasteiger partial charge in [0.05, 0.1) is 10.7 Å². The first-order valence-corrected chi connectivity index (χ1v) is 5.50. The van der Waals surface area contributed by atoms with E-state index in [-0.39, 0.29) is 22.0 Å². The molecule has 0 fully saturated rings. The van der Waals surface area contributed by atoms with Gasteiger partial charge in [0.1, 0.15) is 11.6 Å². The molecular weight excluding hydrogens is 257 g/mol. The SMILES string of the molecule is O=C(Nc1ccccc1F)c1ccc(O)c(Cl)c1. The Morgan fingerprint density at radius 3 is 2.61 bits per heavy atom. The number of phenols is 1. The fraction of sp³-hybridized carbons (Fsp3) is 0. The molecule has 2 N–H and O–H groups in total. The van der Waals surface area contributed by atoms with Crippen LogP contribution in [0.15, 0.2) is 42.5 Å². The van der Waals surface area contributed by atoms with Crippen molar-refractivity contribution >= 4 is 23.2 Å². The third kappa shape index (κ3) is 2.60. The highest BCUT2D eigenvalue weighted by atomic mass is 35.5. The molecule has 0 aliphatic heterocycles. The van der Waals surface area contributed by atoms with Crippen LogP contribution in [-0.4, -0.2) is 11.0 Å². The smallest absolute Gasteiger partial charge is 0.255 e. The van der Waals surface area contributed by atoms with Crippen molar-refractivity contribution in [2.75, 3.05) is 5.32 Å². The van der Waals surface area contributed by atoms with E-state index in [9.17, 15) is 14.3 Å². The minimum absolute atomic E-state index is 0.0659. The van der Waals surface area contributed by atoms with Crippen LogP contribution >= 0.6 is 11.6 Å². The van der Waals surface area contributed by atoms with Crippen molar-refractivity contribution in [2.24, 2.45) is 0 Å². The number of amides is 1. The fourth-order valence-corrected chi connectivity index (χ4v) is 1.59. The van der Waals surface area contributed by atoms with Crippen molar-refractivity contribution in [1.82, 2.24) is 0 Å². The van der Waals surface area contributed by atoms with E-state index in [1.165, 1.54) is 36.4 Å². The van der Waals surface area contributed by atoms with E-state index >= 15 is 0 Å². The number of rotatable bonds is 2. The molecule has 0 saturated carbocycles. The predicted molar refractivity (Wildman–Crippen MR) is 67.5 cm³/mol. The quantitative estimate of drug-likeness (QED) is 0.874. The van der Waals surface area contributed by atoms with E-state index in [4.69, 9.17) is 11.6 Å². The monoisotopic (exact) mass is 265 g/mol. The normalized spacial score (nSPS) is 10.1. The number of hydrogen-bond acceptors (Lipinski definition) is 2. The molecular formula is C13H9ClFNO2. The average Bonchev–Trinajstić information content (AvgIpc) is 2.35. The van der Waals surface area contributed by atoms with Crippen LogP contribution in [0.3, 0.4) is 0 Å². The molecule has 0 atom stereocenters. The van der Waals surface area contributed by atoms with Gasteiger partial charge in [-0.3, -0.25) is 4.79 Å². The van der Waals surface area contributed by atoms with E-state index < -0.39 is 11.7 Å². The third-order valence-corrected chi connectivity index (χ3v) is 2.63. The Hall–Kier alpha value is -2.07. The Kier molecular flexibility index (Phi) is 3.48. The van der Waals surface area contributed by atoms with E-state index in [1.807, 2.05) is 0 Å². The Balaban J connectivity index is 2.22. The summed E-state index contributed by atoms with van der Waals surface area (Å²) in [6.45, 7) is 0. The lowest BCUT2D eigenvalue weighted by atomic mass is 10.2. The molecule has 0 radical (unpaired) electrons. The maximum Gasteiger partial charge on any atom is 0.255 e. The highest BCUT2D eigenvalue weighted by molar-refractivity contribution is 6.32. The highest BCUT2D eigenvalue weighted by Gasteiger charge is 2.10. The maximum absolute atomic E-state index is 13.3. The summed E-state index contributed by atoms with van der Waals surface area (Å²) in [7, 11) is 0. The second-order valence-corrected chi connectivity index (χ2v) is 4.01. The molecule has 92 valence electrons. The summed E-state index contributed by atoms with van der Waals surface area (Å²) in [5.74, 6) is -1.13. The van der Waals surface area contributed by atoms with Gasteiger partial charge in [0.15, 0.2) is 0 Å². The minimum atomic E-state index is -0.518. The molecule has 3 nitrogen and oxygen atoms in total. The van der Waals surface area contributed by atoms with Crippen LogP contribution in [0.2, 0.25) is 5.02 Å². The molecule has 0 heterocycles. The summed E-state index contributed by atoms with van der Waals surface area (Å²) in [5.41, 5.74) is 0.327. The summed E-state index contributed by atoms with van der Waals surface area (Å²) in [4.78, 5) is 11.8. The number of nitrogens with one attached hydrogen (secondary N) is 1. The molecule has 2 aromatic carbocycles. The number of phenolic OH excluding ortho intramolecular Hbond substituents is 1. The topological polar surface area (TPSA) is 49.3 Å². The van der Waals surface area contributed by atoms with E-state index in [0.717, 1.165) is 0 Å². The van der Waals surface area contributed by atoms with Crippen LogP contribution in [-0.2, 0) is 0 Å². The average molecular weight is 266 g/mol. The standard InChI is InChI=1S/C13H9ClFNO2/c14-9-7-8(5-6-12(9)17)13(18)16-11-4-2-1-3-10(11)15/h1-7,17H,(H,16,18). The van der Waals surface area contributed by atoms with Gasteiger partial charge in [0, 0.05) is 5.56 Å². The van der Waals surface area contributed by atoms with Crippen LogP contribution in [0.4, 0.5) is 10.1 Å². The van der Waals surface area contributed by atoms with Gasteiger partial charge in [-0.25, -0.2) is 4.39 Å². The van der Waals surface area contributed by atoms with Crippen molar-refractivity contribution in [3.8, 4) is 5.75 Å². The molecule has 1 amide bonds. The number of hydrogen-bond donors (Lipinski definition) is 2. The van der Waals surface area contributed by atoms with Gasteiger partial charge in [-0.1, -0.05) is 23.7 Å². The maximum atomic E-state index is 13.3.